The maximum absolute atomic E-state index is 13.8. The molecule has 0 spiro atoms. The summed E-state index contributed by atoms with van der Waals surface area (Å²) in [5.41, 5.74) is 1.86. The highest BCUT2D eigenvalue weighted by Crippen LogP contribution is 2.35. The number of carbonyl (C=O) groups excluding carboxylic acids is 1. The van der Waals surface area contributed by atoms with Crippen molar-refractivity contribution < 1.29 is 48.7 Å². The zero-order chi connectivity index (χ0) is 31.1. The number of carboxylic acid groups (broad SMARTS) is 3. The lowest BCUT2D eigenvalue weighted by Gasteiger charge is -2.36. The summed E-state index contributed by atoms with van der Waals surface area (Å²) in [6.45, 7) is 2.28. The summed E-state index contributed by atoms with van der Waals surface area (Å²) >= 11 is 0. The van der Waals surface area contributed by atoms with E-state index in [1.54, 1.807) is 19.1 Å². The van der Waals surface area contributed by atoms with Crippen molar-refractivity contribution in [1.82, 2.24) is 4.90 Å². The highest BCUT2D eigenvalue weighted by molar-refractivity contribution is 6.01. The first-order valence-corrected chi connectivity index (χ1v) is 13.7. The van der Waals surface area contributed by atoms with E-state index in [1.807, 2.05) is 72.8 Å². The molecule has 0 bridgehead atoms. The van der Waals surface area contributed by atoms with Crippen molar-refractivity contribution in [2.75, 3.05) is 6.54 Å². The molecule has 1 saturated heterocycles. The Hall–Kier alpha value is -4.74. The van der Waals surface area contributed by atoms with Gasteiger partial charge in [0.1, 0.15) is 18.0 Å². The first kappa shape index (κ1) is 31.2. The van der Waals surface area contributed by atoms with Gasteiger partial charge in [0.25, 0.3) is 5.91 Å². The van der Waals surface area contributed by atoms with E-state index in [0.29, 0.717) is 24.3 Å². The van der Waals surface area contributed by atoms with E-state index >= 15 is 0 Å². The maximum Gasteiger partial charge on any atom is 0.377 e. The van der Waals surface area contributed by atoms with Gasteiger partial charge in [0.15, 0.2) is 6.10 Å². The molecule has 1 fully saturated rings. The van der Waals surface area contributed by atoms with Gasteiger partial charge >= 0.3 is 23.7 Å². The number of rotatable bonds is 13. The smallest absolute Gasteiger partial charge is 0.377 e. The number of hydrogen-bond donors (Lipinski definition) is 3. The van der Waals surface area contributed by atoms with Crippen LogP contribution in [0.25, 0.3) is 0 Å². The van der Waals surface area contributed by atoms with Crippen molar-refractivity contribution in [2.24, 2.45) is 0 Å². The zero-order valence-corrected chi connectivity index (χ0v) is 23.7. The van der Waals surface area contributed by atoms with Gasteiger partial charge in [-0.05, 0) is 62.1 Å². The Morgan fingerprint density at radius 2 is 1.40 bits per heavy atom. The molecule has 226 valence electrons. The predicted octanol–water partition coefficient (Wildman–Crippen LogP) is 4.17. The summed E-state index contributed by atoms with van der Waals surface area (Å²) in [5.74, 6) is -8.27. The fourth-order valence-electron chi connectivity index (χ4n) is 5.18. The molecule has 4 atom stereocenters. The number of benzene rings is 3. The molecule has 0 radical (unpaired) electrons. The summed E-state index contributed by atoms with van der Waals surface area (Å²) in [6.07, 6.45) is -1.79. The second kappa shape index (κ2) is 13.5. The lowest BCUT2D eigenvalue weighted by molar-refractivity contribution is -0.220. The topological polar surface area (TPSA) is 160 Å². The molecule has 3 N–H and O–H groups in total. The number of carboxylic acids is 3. The van der Waals surface area contributed by atoms with Crippen molar-refractivity contribution in [2.45, 2.75) is 56.6 Å². The van der Waals surface area contributed by atoms with Crippen molar-refractivity contribution in [1.29, 1.82) is 0 Å². The van der Waals surface area contributed by atoms with Crippen LogP contribution < -0.4 is 4.74 Å². The Balaban J connectivity index is 1.64. The van der Waals surface area contributed by atoms with Crippen LogP contribution >= 0.6 is 0 Å². The van der Waals surface area contributed by atoms with Crippen LogP contribution in [0.3, 0.4) is 0 Å². The van der Waals surface area contributed by atoms with Crippen LogP contribution in [0.4, 0.5) is 0 Å². The van der Waals surface area contributed by atoms with Crippen LogP contribution in [0, 0.1) is 0 Å². The number of ether oxygens (including phenoxy) is 3. The van der Waals surface area contributed by atoms with Crippen molar-refractivity contribution >= 4 is 23.8 Å². The fraction of sp³-hybridized carbons (Fsp3) is 0.312. The first-order valence-electron chi connectivity index (χ1n) is 13.7. The third kappa shape index (κ3) is 7.19. The molecule has 3 aromatic carbocycles. The molecule has 3 aromatic rings. The standard InChI is InChI=1S/C32H33NO10/c1-20(33(19-27(34)35)29(36)28-21(2)42-32(43-28,30(37)38)31(39)40)26(18-13-22-9-5-3-6-10-22)23-14-16-25(17-15-23)41-24-11-7-4-8-12-24/h3-12,14-17,20-21,26,28H,13,18-19H2,1-2H3,(H,34,35)(H,37,38)(H,39,40)/t20-,21-,26+,28+/m1/s1. The number of amides is 1. The molecule has 1 aliphatic rings. The normalized spacial score (nSPS) is 18.7. The maximum atomic E-state index is 13.8. The molecule has 1 aliphatic heterocycles. The summed E-state index contributed by atoms with van der Waals surface area (Å²) in [4.78, 5) is 50.3. The highest BCUT2D eigenvalue weighted by Gasteiger charge is 2.61. The average Bonchev–Trinajstić information content (AvgIpc) is 3.36. The molecule has 1 heterocycles. The van der Waals surface area contributed by atoms with Gasteiger partial charge in [-0.2, -0.15) is 0 Å². The van der Waals surface area contributed by atoms with E-state index in [1.165, 1.54) is 6.92 Å². The molecule has 0 unspecified atom stereocenters. The van der Waals surface area contributed by atoms with Gasteiger partial charge in [-0.15, -0.1) is 0 Å². The third-order valence-electron chi connectivity index (χ3n) is 7.41. The minimum absolute atomic E-state index is 0.379. The average molecular weight is 592 g/mol. The zero-order valence-electron chi connectivity index (χ0n) is 23.7. The number of aliphatic carboxylic acids is 3. The lowest BCUT2D eigenvalue weighted by atomic mass is 9.85. The molecule has 0 saturated carbocycles. The van der Waals surface area contributed by atoms with Gasteiger partial charge in [-0.25, -0.2) is 9.59 Å². The van der Waals surface area contributed by atoms with Gasteiger partial charge in [0, 0.05) is 12.0 Å². The molecule has 0 aromatic heterocycles. The van der Waals surface area contributed by atoms with E-state index in [0.717, 1.165) is 16.0 Å². The second-order valence-corrected chi connectivity index (χ2v) is 10.3. The minimum atomic E-state index is -3.08. The van der Waals surface area contributed by atoms with Crippen LogP contribution in [-0.2, 0) is 35.1 Å². The van der Waals surface area contributed by atoms with Crippen LogP contribution in [-0.4, -0.2) is 74.6 Å². The Morgan fingerprint density at radius 1 is 0.837 bits per heavy atom. The van der Waals surface area contributed by atoms with Crippen LogP contribution in [0.5, 0.6) is 11.5 Å². The lowest BCUT2D eigenvalue weighted by Crippen LogP contribution is -2.52. The number of carbonyl (C=O) groups is 4. The Morgan fingerprint density at radius 3 is 1.93 bits per heavy atom. The Labute approximate surface area is 248 Å². The molecule has 4 rings (SSSR count). The molecule has 0 aliphatic carbocycles. The number of nitrogens with zero attached hydrogens (tertiary/aromatic N) is 1. The monoisotopic (exact) mass is 591 g/mol. The van der Waals surface area contributed by atoms with E-state index in [-0.39, 0.29) is 5.92 Å². The first-order chi connectivity index (χ1) is 20.5. The van der Waals surface area contributed by atoms with E-state index < -0.39 is 54.4 Å². The number of aryl methyl sites for hydroxylation is 1. The number of para-hydroxylation sites is 1. The van der Waals surface area contributed by atoms with Gasteiger partial charge in [0.05, 0.1) is 6.10 Å². The fourth-order valence-corrected chi connectivity index (χ4v) is 5.18. The highest BCUT2D eigenvalue weighted by atomic mass is 16.8. The minimum Gasteiger partial charge on any atom is -0.480 e. The Kier molecular flexibility index (Phi) is 9.79. The molecule has 11 nitrogen and oxygen atoms in total. The van der Waals surface area contributed by atoms with Crippen LogP contribution in [0.15, 0.2) is 84.9 Å². The van der Waals surface area contributed by atoms with Gasteiger partial charge < -0.3 is 34.4 Å². The molecular weight excluding hydrogens is 558 g/mol. The third-order valence-corrected chi connectivity index (χ3v) is 7.41. The second-order valence-electron chi connectivity index (χ2n) is 10.3. The molecule has 43 heavy (non-hydrogen) atoms. The van der Waals surface area contributed by atoms with Gasteiger partial charge in [-0.3, -0.25) is 9.59 Å². The largest absolute Gasteiger partial charge is 0.480 e. The van der Waals surface area contributed by atoms with E-state index in [2.05, 4.69) is 0 Å². The summed E-state index contributed by atoms with van der Waals surface area (Å²) in [6, 6.07) is 25.5. The molecule has 1 amide bonds. The van der Waals surface area contributed by atoms with Crippen molar-refractivity contribution in [3.63, 3.8) is 0 Å². The van der Waals surface area contributed by atoms with Gasteiger partial charge in [-0.1, -0.05) is 60.7 Å². The quantitative estimate of drug-likeness (QED) is 0.246. The van der Waals surface area contributed by atoms with E-state index in [9.17, 15) is 34.5 Å². The van der Waals surface area contributed by atoms with Gasteiger partial charge in [0.2, 0.25) is 0 Å². The molecular formula is C32H33NO10. The van der Waals surface area contributed by atoms with Crippen LogP contribution in [0.1, 0.15) is 37.3 Å². The Bertz CT molecular complexity index is 1410. The molecule has 11 heteroatoms. The van der Waals surface area contributed by atoms with E-state index in [4.69, 9.17) is 14.2 Å². The van der Waals surface area contributed by atoms with Crippen molar-refractivity contribution in [3.05, 3.63) is 96.1 Å². The number of hydrogen-bond acceptors (Lipinski definition) is 7. The predicted molar refractivity (Wildman–Crippen MR) is 153 cm³/mol. The van der Waals surface area contributed by atoms with Crippen LogP contribution in [0.2, 0.25) is 0 Å². The SMILES string of the molecule is C[C@H]([C@H](CCc1ccccc1)c1ccc(Oc2ccccc2)cc1)N(CC(=O)O)C(=O)[C@H]1OC(C(=O)O)(C(=O)O)O[C@@H]1C. The summed E-state index contributed by atoms with van der Waals surface area (Å²) < 4.78 is 16.3. The van der Waals surface area contributed by atoms with Crippen molar-refractivity contribution in [3.8, 4) is 11.5 Å². The summed E-state index contributed by atoms with van der Waals surface area (Å²) in [5, 5.41) is 28.8. The summed E-state index contributed by atoms with van der Waals surface area (Å²) in [7, 11) is 0.